The quantitative estimate of drug-likeness (QED) is 0.770. The van der Waals surface area contributed by atoms with Crippen molar-refractivity contribution in [2.75, 3.05) is 46.0 Å². The molecule has 0 aromatic heterocycles. The Bertz CT molecular complexity index is 244. The molecule has 2 aliphatic rings. The van der Waals surface area contributed by atoms with E-state index in [0.717, 1.165) is 11.3 Å². The summed E-state index contributed by atoms with van der Waals surface area (Å²) in [5.41, 5.74) is 0.323. The number of nitrogens with zero attached hydrogens (tertiary/aromatic N) is 2. The third-order valence-corrected chi connectivity index (χ3v) is 5.33. The fourth-order valence-corrected chi connectivity index (χ4v) is 3.67. The molecule has 0 radical (unpaired) electrons. The van der Waals surface area contributed by atoms with E-state index in [4.69, 9.17) is 0 Å². The lowest BCUT2D eigenvalue weighted by Gasteiger charge is -2.48. The summed E-state index contributed by atoms with van der Waals surface area (Å²) in [6.07, 6.45) is 2.24. The van der Waals surface area contributed by atoms with E-state index in [9.17, 15) is 0 Å². The molecule has 0 aromatic carbocycles. The Balaban J connectivity index is 2.00. The van der Waals surface area contributed by atoms with E-state index >= 15 is 0 Å². The molecule has 0 saturated carbocycles. The van der Waals surface area contributed by atoms with Crippen LogP contribution in [0.5, 0.6) is 0 Å². The lowest BCUT2D eigenvalue weighted by atomic mass is 9.98. The molecular formula is C12H25N3S. The third-order valence-electron chi connectivity index (χ3n) is 4.25. The first-order valence-corrected chi connectivity index (χ1v) is 7.52. The number of likely N-dealkylation sites (N-methyl/N-ethyl adjacent to an activating group) is 1. The van der Waals surface area contributed by atoms with Gasteiger partial charge >= 0.3 is 0 Å². The molecule has 2 saturated heterocycles. The zero-order chi connectivity index (χ0) is 11.8. The molecule has 2 rings (SSSR count). The maximum Gasteiger partial charge on any atom is 0.0352 e. The molecule has 2 unspecified atom stereocenters. The molecule has 0 amide bonds. The number of rotatable bonds is 2. The zero-order valence-electron chi connectivity index (χ0n) is 11.0. The van der Waals surface area contributed by atoms with Crippen molar-refractivity contribution in [3.63, 3.8) is 0 Å². The Morgan fingerprint density at radius 1 is 1.25 bits per heavy atom. The van der Waals surface area contributed by atoms with Crippen LogP contribution >= 0.6 is 11.8 Å². The molecule has 2 heterocycles. The van der Waals surface area contributed by atoms with Crippen LogP contribution in [-0.2, 0) is 0 Å². The largest absolute Gasteiger partial charge is 0.314 e. The van der Waals surface area contributed by atoms with Gasteiger partial charge in [0.25, 0.3) is 0 Å². The maximum absolute atomic E-state index is 3.53. The molecule has 4 heteroatoms. The van der Waals surface area contributed by atoms with Crippen molar-refractivity contribution >= 4 is 11.8 Å². The summed E-state index contributed by atoms with van der Waals surface area (Å²) in [5, 5.41) is 4.31. The van der Waals surface area contributed by atoms with Crippen LogP contribution < -0.4 is 5.32 Å². The average molecular weight is 243 g/mol. The molecule has 94 valence electrons. The predicted octanol–water partition coefficient (Wildman–Crippen LogP) is 0.716. The highest BCUT2D eigenvalue weighted by Gasteiger charge is 2.38. The summed E-state index contributed by atoms with van der Waals surface area (Å²) in [5.74, 6) is 0. The van der Waals surface area contributed by atoms with E-state index in [0.29, 0.717) is 5.54 Å². The number of hydrogen-bond donors (Lipinski definition) is 1. The molecule has 1 N–H and O–H groups in total. The average Bonchev–Trinajstić information content (AvgIpc) is 2.70. The highest BCUT2D eigenvalue weighted by atomic mass is 32.2. The van der Waals surface area contributed by atoms with Gasteiger partial charge < -0.3 is 5.32 Å². The number of piperazine rings is 1. The Kier molecular flexibility index (Phi) is 3.84. The fourth-order valence-electron chi connectivity index (χ4n) is 2.81. The van der Waals surface area contributed by atoms with Gasteiger partial charge in [0.2, 0.25) is 0 Å². The van der Waals surface area contributed by atoms with Gasteiger partial charge in [-0.25, -0.2) is 0 Å². The first kappa shape index (κ1) is 12.7. The SMILES string of the molecule is CSC1CNCC1N1CCN(C)C(C)(C)C1. The Morgan fingerprint density at radius 3 is 2.62 bits per heavy atom. The zero-order valence-corrected chi connectivity index (χ0v) is 11.8. The van der Waals surface area contributed by atoms with Crippen LogP contribution in [0.4, 0.5) is 0 Å². The minimum atomic E-state index is 0.323. The molecule has 2 fully saturated rings. The second-order valence-corrected chi connectivity index (χ2v) is 6.78. The summed E-state index contributed by atoms with van der Waals surface area (Å²) < 4.78 is 0. The smallest absolute Gasteiger partial charge is 0.0352 e. The second kappa shape index (κ2) is 4.84. The van der Waals surface area contributed by atoms with Crippen LogP contribution in [0.3, 0.4) is 0 Å². The molecular weight excluding hydrogens is 218 g/mol. The molecule has 16 heavy (non-hydrogen) atoms. The Morgan fingerprint density at radius 2 is 2.00 bits per heavy atom. The lowest BCUT2D eigenvalue weighted by Crippen LogP contribution is -2.61. The van der Waals surface area contributed by atoms with E-state index in [2.05, 4.69) is 42.3 Å². The van der Waals surface area contributed by atoms with Crippen molar-refractivity contribution in [3.8, 4) is 0 Å². The van der Waals surface area contributed by atoms with Crippen LogP contribution in [-0.4, -0.2) is 72.7 Å². The second-order valence-electron chi connectivity index (χ2n) is 5.70. The summed E-state index contributed by atoms with van der Waals surface area (Å²) in [6, 6.07) is 0.739. The first-order chi connectivity index (χ1) is 7.54. The van der Waals surface area contributed by atoms with Gasteiger partial charge in [-0.3, -0.25) is 9.80 Å². The van der Waals surface area contributed by atoms with Crippen molar-refractivity contribution in [2.45, 2.75) is 30.7 Å². The van der Waals surface area contributed by atoms with E-state index in [1.54, 1.807) is 0 Å². The van der Waals surface area contributed by atoms with Crippen LogP contribution in [0, 0.1) is 0 Å². The summed E-state index contributed by atoms with van der Waals surface area (Å²) in [6.45, 7) is 10.7. The molecule has 0 bridgehead atoms. The Labute approximate surface area is 104 Å². The number of nitrogens with one attached hydrogen (secondary N) is 1. The Hall–Kier alpha value is 0.230. The monoisotopic (exact) mass is 243 g/mol. The summed E-state index contributed by atoms with van der Waals surface area (Å²) in [4.78, 5) is 5.18. The maximum atomic E-state index is 3.53. The van der Waals surface area contributed by atoms with Crippen molar-refractivity contribution in [1.82, 2.24) is 15.1 Å². The molecule has 3 nitrogen and oxygen atoms in total. The molecule has 0 spiro atoms. The van der Waals surface area contributed by atoms with Gasteiger partial charge in [-0.05, 0) is 27.2 Å². The minimum absolute atomic E-state index is 0.323. The standard InChI is InChI=1S/C12H25N3S/c1-12(2)9-15(6-5-14(12)3)10-7-13-8-11(10)16-4/h10-11,13H,5-9H2,1-4H3. The molecule has 0 aromatic rings. The van der Waals surface area contributed by atoms with Gasteiger partial charge in [0.05, 0.1) is 0 Å². The molecule has 0 aliphatic carbocycles. The van der Waals surface area contributed by atoms with E-state index < -0.39 is 0 Å². The van der Waals surface area contributed by atoms with Crippen LogP contribution in [0.25, 0.3) is 0 Å². The van der Waals surface area contributed by atoms with Gasteiger partial charge in [-0.1, -0.05) is 0 Å². The number of hydrogen-bond acceptors (Lipinski definition) is 4. The summed E-state index contributed by atoms with van der Waals surface area (Å²) in [7, 11) is 2.25. The normalized spacial score (nSPS) is 36.8. The van der Waals surface area contributed by atoms with Crippen molar-refractivity contribution in [2.24, 2.45) is 0 Å². The van der Waals surface area contributed by atoms with Gasteiger partial charge in [0, 0.05) is 49.6 Å². The third kappa shape index (κ3) is 2.40. The highest BCUT2D eigenvalue weighted by Crippen LogP contribution is 2.26. The van der Waals surface area contributed by atoms with E-state index in [1.807, 2.05) is 11.8 Å². The van der Waals surface area contributed by atoms with Gasteiger partial charge in [0.15, 0.2) is 0 Å². The number of thioether (sulfide) groups is 1. The van der Waals surface area contributed by atoms with Crippen molar-refractivity contribution in [3.05, 3.63) is 0 Å². The topological polar surface area (TPSA) is 18.5 Å². The van der Waals surface area contributed by atoms with Crippen LogP contribution in [0.15, 0.2) is 0 Å². The van der Waals surface area contributed by atoms with E-state index in [1.165, 1.54) is 32.7 Å². The van der Waals surface area contributed by atoms with Gasteiger partial charge in [-0.2, -0.15) is 11.8 Å². The van der Waals surface area contributed by atoms with Crippen molar-refractivity contribution < 1.29 is 0 Å². The lowest BCUT2D eigenvalue weighted by molar-refractivity contribution is 0.0220. The van der Waals surface area contributed by atoms with Gasteiger partial charge in [0.1, 0.15) is 0 Å². The molecule has 2 aliphatic heterocycles. The molecule has 2 atom stereocenters. The summed E-state index contributed by atoms with van der Waals surface area (Å²) >= 11 is 2.02. The van der Waals surface area contributed by atoms with Crippen LogP contribution in [0.2, 0.25) is 0 Å². The van der Waals surface area contributed by atoms with Crippen LogP contribution in [0.1, 0.15) is 13.8 Å². The van der Waals surface area contributed by atoms with Gasteiger partial charge in [-0.15, -0.1) is 0 Å². The highest BCUT2D eigenvalue weighted by molar-refractivity contribution is 7.99. The fraction of sp³-hybridized carbons (Fsp3) is 1.00. The minimum Gasteiger partial charge on any atom is -0.314 e. The van der Waals surface area contributed by atoms with E-state index in [-0.39, 0.29) is 0 Å². The van der Waals surface area contributed by atoms with Crippen molar-refractivity contribution in [1.29, 1.82) is 0 Å². The first-order valence-electron chi connectivity index (χ1n) is 6.23. The predicted molar refractivity (Wildman–Crippen MR) is 72.2 cm³/mol.